The van der Waals surface area contributed by atoms with Gasteiger partial charge in [0.2, 0.25) is 5.91 Å². The van der Waals surface area contributed by atoms with Crippen molar-refractivity contribution in [2.45, 2.75) is 19.8 Å². The van der Waals surface area contributed by atoms with E-state index >= 15 is 0 Å². The van der Waals surface area contributed by atoms with Crippen molar-refractivity contribution in [3.8, 4) is 0 Å². The Balaban J connectivity index is 0.000000590. The summed E-state index contributed by atoms with van der Waals surface area (Å²) in [5.41, 5.74) is 7.77. The highest BCUT2D eigenvalue weighted by atomic mass is 16.2. The van der Waals surface area contributed by atoms with Gasteiger partial charge in [-0.15, -0.1) is 0 Å². The molecule has 0 saturated carbocycles. The van der Waals surface area contributed by atoms with Gasteiger partial charge in [0.15, 0.2) is 0 Å². The minimum Gasteiger partial charge on any atom is -0.412 e. The van der Waals surface area contributed by atoms with Gasteiger partial charge in [-0.3, -0.25) is 40.2 Å². The first kappa shape index (κ1) is 32.7. The topological polar surface area (TPSA) is 227 Å². The number of hydrogen-bond acceptors (Lipinski definition) is 8. The number of carbonyl (C=O) groups is 1. The predicted octanol–water partition coefficient (Wildman–Crippen LogP) is -1.74. The molecule has 0 aliphatic heterocycles. The van der Waals surface area contributed by atoms with Crippen LogP contribution >= 0.6 is 0 Å². The van der Waals surface area contributed by atoms with Crippen molar-refractivity contribution in [1.29, 1.82) is 0 Å². The standard InChI is InChI=1S/C11H14N4O2.C11H14N2O.CO2.H4N2.H2O/c1-14-8-4-3-7(6-10(16)13-12)5-9(8)15(2)11(14)17;1-4-8-5-6-9-10(7-8)13(3)11(14)12(9)2;2-1-3;1-2;/h3-5H,6,12H2,1-2H3,(H,13,16);5-7H,4H2,1-3H3;;1-2H2;1H2. The number of nitrogens with two attached hydrogens (primary N) is 3. The number of nitrogens with zero attached hydrogens (tertiary/aromatic N) is 4. The van der Waals surface area contributed by atoms with Gasteiger partial charge in [0.1, 0.15) is 0 Å². The number of hydrazine groups is 2. The van der Waals surface area contributed by atoms with Gasteiger partial charge < -0.3 is 5.48 Å². The Morgan fingerprint density at radius 1 is 0.784 bits per heavy atom. The zero-order chi connectivity index (χ0) is 27.6. The first-order valence-electron chi connectivity index (χ1n) is 10.7. The fourth-order valence-electron chi connectivity index (χ4n) is 3.67. The van der Waals surface area contributed by atoms with Crippen molar-refractivity contribution in [1.82, 2.24) is 23.7 Å². The van der Waals surface area contributed by atoms with Gasteiger partial charge in [-0.05, 0) is 41.8 Å². The number of nitrogens with one attached hydrogen (secondary N) is 1. The van der Waals surface area contributed by atoms with Crippen LogP contribution in [0.5, 0.6) is 0 Å². The summed E-state index contributed by atoms with van der Waals surface area (Å²) >= 11 is 0. The zero-order valence-corrected chi connectivity index (χ0v) is 21.4. The zero-order valence-electron chi connectivity index (χ0n) is 21.4. The second-order valence-corrected chi connectivity index (χ2v) is 7.63. The van der Waals surface area contributed by atoms with E-state index < -0.39 is 0 Å². The van der Waals surface area contributed by atoms with E-state index in [2.05, 4.69) is 36.2 Å². The lowest BCUT2D eigenvalue weighted by atomic mass is 10.1. The van der Waals surface area contributed by atoms with Gasteiger partial charge in [-0.25, -0.2) is 15.4 Å². The van der Waals surface area contributed by atoms with Crippen LogP contribution in [0.25, 0.3) is 22.1 Å². The third kappa shape index (κ3) is 7.33. The summed E-state index contributed by atoms with van der Waals surface area (Å²) in [6.45, 7) is 2.11. The molecule has 0 spiro atoms. The lowest BCUT2D eigenvalue weighted by molar-refractivity contribution is -0.191. The van der Waals surface area contributed by atoms with Crippen molar-refractivity contribution in [2.75, 3.05) is 0 Å². The predicted molar refractivity (Wildman–Crippen MR) is 139 cm³/mol. The molecular formula is C23H34N8O6. The molecule has 2 aromatic carbocycles. The van der Waals surface area contributed by atoms with Crippen molar-refractivity contribution in [2.24, 2.45) is 45.7 Å². The molecule has 0 unspecified atom stereocenters. The van der Waals surface area contributed by atoms with E-state index in [9.17, 15) is 14.4 Å². The molecular weight excluding hydrogens is 484 g/mol. The molecule has 0 saturated heterocycles. The van der Waals surface area contributed by atoms with Gasteiger partial charge in [-0.1, -0.05) is 19.1 Å². The Hall–Kier alpha value is -4.33. The summed E-state index contributed by atoms with van der Waals surface area (Å²) in [6.07, 6.45) is 1.45. The maximum Gasteiger partial charge on any atom is 0.373 e. The minimum absolute atomic E-state index is 0. The maximum absolute atomic E-state index is 11.7. The molecule has 37 heavy (non-hydrogen) atoms. The molecule has 4 rings (SSSR count). The monoisotopic (exact) mass is 518 g/mol. The number of benzene rings is 2. The lowest BCUT2D eigenvalue weighted by Crippen LogP contribution is -2.31. The highest BCUT2D eigenvalue weighted by Crippen LogP contribution is 2.15. The normalized spacial score (nSPS) is 9.51. The summed E-state index contributed by atoms with van der Waals surface area (Å²) in [6, 6.07) is 11.6. The molecule has 2 heterocycles. The van der Waals surface area contributed by atoms with Crippen LogP contribution in [-0.2, 0) is 55.4 Å². The summed E-state index contributed by atoms with van der Waals surface area (Å²) in [5, 5.41) is 0. The van der Waals surface area contributed by atoms with Gasteiger partial charge in [-0.2, -0.15) is 9.59 Å². The second-order valence-electron chi connectivity index (χ2n) is 7.63. The molecule has 0 aliphatic carbocycles. The van der Waals surface area contributed by atoms with Crippen molar-refractivity contribution in [3.63, 3.8) is 0 Å². The minimum atomic E-state index is -0.259. The smallest absolute Gasteiger partial charge is 0.373 e. The van der Waals surface area contributed by atoms with E-state index in [4.69, 9.17) is 15.4 Å². The fraction of sp³-hybridized carbons (Fsp3) is 0.304. The number of carbonyl (C=O) groups excluding carboxylic acids is 3. The van der Waals surface area contributed by atoms with Crippen molar-refractivity contribution >= 4 is 34.1 Å². The maximum atomic E-state index is 11.7. The first-order valence-corrected chi connectivity index (χ1v) is 10.7. The molecule has 0 fully saturated rings. The van der Waals surface area contributed by atoms with Gasteiger partial charge in [0.25, 0.3) is 0 Å². The van der Waals surface area contributed by atoms with Crippen LogP contribution < -0.4 is 34.3 Å². The highest BCUT2D eigenvalue weighted by molar-refractivity contribution is 5.81. The molecule has 0 aliphatic rings. The molecule has 202 valence electrons. The van der Waals surface area contributed by atoms with Crippen LogP contribution in [0.1, 0.15) is 18.1 Å². The number of fused-ring (bicyclic) bond motifs is 2. The molecule has 1 amide bonds. The molecule has 0 radical (unpaired) electrons. The molecule has 0 atom stereocenters. The van der Waals surface area contributed by atoms with E-state index in [1.165, 1.54) is 5.56 Å². The number of aromatic nitrogens is 4. The number of hydrogen-bond donors (Lipinski definition) is 4. The average molecular weight is 519 g/mol. The Kier molecular flexibility index (Phi) is 13.2. The summed E-state index contributed by atoms with van der Waals surface area (Å²) < 4.78 is 6.49. The lowest BCUT2D eigenvalue weighted by Gasteiger charge is -2.01. The molecule has 2 aromatic heterocycles. The molecule has 4 aromatic rings. The molecule has 9 N–H and O–H groups in total. The Bertz CT molecular complexity index is 1490. The van der Waals surface area contributed by atoms with Crippen molar-refractivity contribution < 1.29 is 19.9 Å². The Labute approximate surface area is 212 Å². The molecule has 0 bridgehead atoms. The van der Waals surface area contributed by atoms with E-state index in [1.54, 1.807) is 39.4 Å². The number of amides is 1. The number of imidazole rings is 2. The molecule has 14 nitrogen and oxygen atoms in total. The average Bonchev–Trinajstić information content (AvgIpc) is 3.25. The van der Waals surface area contributed by atoms with Gasteiger partial charge >= 0.3 is 17.5 Å². The van der Waals surface area contributed by atoms with Crippen LogP contribution in [-0.4, -0.2) is 35.8 Å². The van der Waals surface area contributed by atoms with Crippen LogP contribution in [0.4, 0.5) is 0 Å². The first-order chi connectivity index (χ1) is 17.1. The summed E-state index contributed by atoms with van der Waals surface area (Å²) in [7, 11) is 7.04. The van der Waals surface area contributed by atoms with Crippen LogP contribution in [0.3, 0.4) is 0 Å². The largest absolute Gasteiger partial charge is 0.412 e. The number of aryl methyl sites for hydroxylation is 5. The van der Waals surface area contributed by atoms with Crippen LogP contribution in [0.15, 0.2) is 46.0 Å². The Morgan fingerprint density at radius 2 is 1.14 bits per heavy atom. The fourth-order valence-corrected chi connectivity index (χ4v) is 3.67. The van der Waals surface area contributed by atoms with Gasteiger partial charge in [0, 0.05) is 28.2 Å². The van der Waals surface area contributed by atoms with Crippen LogP contribution in [0, 0.1) is 0 Å². The van der Waals surface area contributed by atoms with E-state index in [0.717, 1.165) is 34.1 Å². The second kappa shape index (κ2) is 14.9. The van der Waals surface area contributed by atoms with E-state index in [0.29, 0.717) is 0 Å². The highest BCUT2D eigenvalue weighted by Gasteiger charge is 2.09. The number of rotatable bonds is 3. The van der Waals surface area contributed by atoms with Crippen molar-refractivity contribution in [3.05, 3.63) is 68.5 Å². The SMILES string of the molecule is CCc1ccc2c(c1)n(C)c(=O)n2C.Cn1c(=O)n(C)c2cc(CC(=O)NN)ccc21.NN.O.O=C=O. The van der Waals surface area contributed by atoms with Gasteiger partial charge in [0.05, 0.1) is 28.5 Å². The summed E-state index contributed by atoms with van der Waals surface area (Å²) in [5.74, 6) is 12.8. The Morgan fingerprint density at radius 3 is 1.51 bits per heavy atom. The quantitative estimate of drug-likeness (QED) is 0.138. The third-order valence-electron chi connectivity index (χ3n) is 5.61. The third-order valence-corrected chi connectivity index (χ3v) is 5.61. The van der Waals surface area contributed by atoms with E-state index in [-0.39, 0.29) is 35.3 Å². The molecule has 14 heteroatoms. The van der Waals surface area contributed by atoms with Crippen LogP contribution in [0.2, 0.25) is 0 Å². The summed E-state index contributed by atoms with van der Waals surface area (Å²) in [4.78, 5) is 50.7. The van der Waals surface area contributed by atoms with E-state index in [1.807, 2.05) is 31.3 Å².